The van der Waals surface area contributed by atoms with E-state index in [0.29, 0.717) is 22.4 Å². The highest BCUT2D eigenvalue weighted by Crippen LogP contribution is 2.29. The third-order valence-corrected chi connectivity index (χ3v) is 4.82. The summed E-state index contributed by atoms with van der Waals surface area (Å²) < 4.78 is 0. The highest BCUT2D eigenvalue weighted by atomic mass is 16.2. The highest BCUT2D eigenvalue weighted by Gasteiger charge is 2.36. The number of hydrogen-bond acceptors (Lipinski definition) is 3. The van der Waals surface area contributed by atoms with E-state index in [1.807, 2.05) is 44.2 Å². The fraction of sp³-hybridized carbons (Fsp3) is 0.179. The Kier molecular flexibility index (Phi) is 8.87. The molecule has 0 spiro atoms. The van der Waals surface area contributed by atoms with Crippen molar-refractivity contribution in [3.05, 3.63) is 108 Å². The van der Waals surface area contributed by atoms with Crippen LogP contribution in [0.15, 0.2) is 79.9 Å². The van der Waals surface area contributed by atoms with Gasteiger partial charge in [-0.3, -0.25) is 14.4 Å². The summed E-state index contributed by atoms with van der Waals surface area (Å²) in [6.07, 6.45) is 1.25. The molecule has 1 N–H and O–H groups in total. The molecule has 0 aliphatic carbocycles. The van der Waals surface area contributed by atoms with Gasteiger partial charge in [-0.1, -0.05) is 50.1 Å². The number of benzene rings is 3. The highest BCUT2D eigenvalue weighted by molar-refractivity contribution is 6.34. The zero-order valence-corrected chi connectivity index (χ0v) is 19.6. The Morgan fingerprint density at radius 1 is 0.848 bits per heavy atom. The van der Waals surface area contributed by atoms with E-state index in [-0.39, 0.29) is 17.7 Å². The molecule has 4 rings (SSSR count). The van der Waals surface area contributed by atoms with Crippen LogP contribution in [0.5, 0.6) is 0 Å². The van der Waals surface area contributed by atoms with Gasteiger partial charge in [0, 0.05) is 11.3 Å². The first-order chi connectivity index (χ1) is 15.9. The number of rotatable bonds is 3. The lowest BCUT2D eigenvalue weighted by Gasteiger charge is -2.14. The van der Waals surface area contributed by atoms with Crippen LogP contribution in [-0.4, -0.2) is 17.7 Å². The number of fused-ring (bicyclic) bond motifs is 1. The van der Waals surface area contributed by atoms with Crippen LogP contribution < -0.4 is 10.2 Å². The molecule has 1 heterocycles. The second-order valence-corrected chi connectivity index (χ2v) is 7.52. The van der Waals surface area contributed by atoms with E-state index in [2.05, 4.69) is 32.3 Å². The molecule has 0 saturated heterocycles. The molecule has 1 aliphatic rings. The van der Waals surface area contributed by atoms with E-state index in [4.69, 9.17) is 0 Å². The van der Waals surface area contributed by atoms with Crippen molar-refractivity contribution in [2.45, 2.75) is 34.1 Å². The Morgan fingerprint density at radius 3 is 2.03 bits per heavy atom. The van der Waals surface area contributed by atoms with Crippen molar-refractivity contribution >= 4 is 29.1 Å². The predicted octanol–water partition coefficient (Wildman–Crippen LogP) is 6.57. The lowest BCUT2D eigenvalue weighted by molar-refractivity contribution is 0.0925. The maximum absolute atomic E-state index is 12.7. The Morgan fingerprint density at radius 2 is 1.42 bits per heavy atom. The molecule has 3 aromatic rings. The van der Waals surface area contributed by atoms with Crippen molar-refractivity contribution in [3.63, 3.8) is 0 Å². The zero-order chi connectivity index (χ0) is 24.5. The molecule has 0 bridgehead atoms. The molecule has 1 aliphatic heterocycles. The van der Waals surface area contributed by atoms with Crippen LogP contribution >= 0.6 is 0 Å². The number of hydrogen-bond donors (Lipinski definition) is 1. The molecule has 5 nitrogen and oxygen atoms in total. The molecular formula is C28H30N2O3. The van der Waals surface area contributed by atoms with Gasteiger partial charge in [-0.25, -0.2) is 4.90 Å². The molecule has 0 aromatic heterocycles. The SMILES string of the molecule is C=C.CCC.Cc1ccc2c(c1)C(=O)N(c1ccc(C(=O)Nc3ccccc3C)cc1)C2=O. The molecule has 0 saturated carbocycles. The van der Waals surface area contributed by atoms with Crippen molar-refractivity contribution < 1.29 is 14.4 Å². The van der Waals surface area contributed by atoms with Crippen molar-refractivity contribution in [1.82, 2.24) is 0 Å². The Labute approximate surface area is 195 Å². The minimum atomic E-state index is -0.350. The van der Waals surface area contributed by atoms with Crippen LogP contribution in [0.25, 0.3) is 0 Å². The summed E-state index contributed by atoms with van der Waals surface area (Å²) in [6.45, 7) is 14.0. The topological polar surface area (TPSA) is 66.5 Å². The minimum Gasteiger partial charge on any atom is -0.322 e. The number of nitrogens with one attached hydrogen (secondary N) is 1. The molecule has 0 fully saturated rings. The van der Waals surface area contributed by atoms with Gasteiger partial charge in [-0.2, -0.15) is 0 Å². The second kappa shape index (κ2) is 11.6. The fourth-order valence-corrected chi connectivity index (χ4v) is 3.26. The summed E-state index contributed by atoms with van der Waals surface area (Å²) in [5, 5.41) is 2.87. The van der Waals surface area contributed by atoms with Crippen LogP contribution in [0.1, 0.15) is 62.5 Å². The number of amides is 3. The summed E-state index contributed by atoms with van der Waals surface area (Å²) in [6, 6.07) is 19.2. The van der Waals surface area contributed by atoms with Crippen molar-refractivity contribution in [2.75, 3.05) is 10.2 Å². The van der Waals surface area contributed by atoms with Gasteiger partial charge in [-0.15, -0.1) is 13.2 Å². The number of aryl methyl sites for hydroxylation is 2. The van der Waals surface area contributed by atoms with Gasteiger partial charge in [0.2, 0.25) is 0 Å². The molecule has 3 aromatic carbocycles. The first-order valence-electron chi connectivity index (χ1n) is 10.8. The summed E-state index contributed by atoms with van der Waals surface area (Å²) >= 11 is 0. The lowest BCUT2D eigenvalue weighted by Crippen LogP contribution is -2.29. The molecule has 5 heteroatoms. The lowest BCUT2D eigenvalue weighted by atomic mass is 10.1. The van der Waals surface area contributed by atoms with Crippen molar-refractivity contribution in [1.29, 1.82) is 0 Å². The molecular weight excluding hydrogens is 412 g/mol. The van der Waals surface area contributed by atoms with E-state index < -0.39 is 0 Å². The largest absolute Gasteiger partial charge is 0.322 e. The quantitative estimate of drug-likeness (QED) is 0.368. The summed E-state index contributed by atoms with van der Waals surface area (Å²) in [4.78, 5) is 39.0. The smallest absolute Gasteiger partial charge is 0.266 e. The minimum absolute atomic E-state index is 0.251. The van der Waals surface area contributed by atoms with Gasteiger partial charge in [0.25, 0.3) is 17.7 Å². The molecule has 0 radical (unpaired) electrons. The van der Waals surface area contributed by atoms with E-state index in [1.165, 1.54) is 6.42 Å². The maximum atomic E-state index is 12.7. The number of para-hydroxylation sites is 1. The third kappa shape index (κ3) is 5.63. The maximum Gasteiger partial charge on any atom is 0.266 e. The number of imide groups is 1. The van der Waals surface area contributed by atoms with Gasteiger partial charge in [0.15, 0.2) is 0 Å². The molecule has 33 heavy (non-hydrogen) atoms. The molecule has 3 amide bonds. The molecule has 0 atom stereocenters. The second-order valence-electron chi connectivity index (χ2n) is 7.52. The molecule has 170 valence electrons. The number of carbonyl (C=O) groups is 3. The van der Waals surface area contributed by atoms with Crippen molar-refractivity contribution in [2.24, 2.45) is 0 Å². The molecule has 0 unspecified atom stereocenters. The van der Waals surface area contributed by atoms with Crippen LogP contribution in [0.4, 0.5) is 11.4 Å². The first kappa shape index (κ1) is 25.3. The first-order valence-corrected chi connectivity index (χ1v) is 10.8. The van der Waals surface area contributed by atoms with E-state index in [1.54, 1.807) is 36.4 Å². The monoisotopic (exact) mass is 442 g/mol. The van der Waals surface area contributed by atoms with Gasteiger partial charge in [-0.05, 0) is 61.9 Å². The van der Waals surface area contributed by atoms with Crippen LogP contribution in [0.2, 0.25) is 0 Å². The summed E-state index contributed by atoms with van der Waals surface area (Å²) in [7, 11) is 0. The zero-order valence-electron chi connectivity index (χ0n) is 19.6. The summed E-state index contributed by atoms with van der Waals surface area (Å²) in [5.41, 5.74) is 4.32. The Hall–Kier alpha value is -3.99. The average Bonchev–Trinajstić information content (AvgIpc) is 3.06. The predicted molar refractivity (Wildman–Crippen MR) is 135 cm³/mol. The van der Waals surface area contributed by atoms with Crippen LogP contribution in [0, 0.1) is 13.8 Å². The average molecular weight is 443 g/mol. The Bertz CT molecular complexity index is 1150. The number of anilines is 2. The van der Waals surface area contributed by atoms with Gasteiger partial charge < -0.3 is 5.32 Å². The van der Waals surface area contributed by atoms with E-state index in [9.17, 15) is 14.4 Å². The normalized spacial score (nSPS) is 11.6. The third-order valence-electron chi connectivity index (χ3n) is 4.82. The van der Waals surface area contributed by atoms with Crippen molar-refractivity contribution in [3.8, 4) is 0 Å². The van der Waals surface area contributed by atoms with Crippen LogP contribution in [0.3, 0.4) is 0 Å². The van der Waals surface area contributed by atoms with E-state index >= 15 is 0 Å². The Balaban J connectivity index is 0.000000714. The van der Waals surface area contributed by atoms with E-state index in [0.717, 1.165) is 21.7 Å². The summed E-state index contributed by atoms with van der Waals surface area (Å²) in [5.74, 6) is -0.947. The van der Waals surface area contributed by atoms with Crippen LogP contribution in [-0.2, 0) is 0 Å². The fourth-order valence-electron chi connectivity index (χ4n) is 3.26. The van der Waals surface area contributed by atoms with Gasteiger partial charge >= 0.3 is 0 Å². The standard InChI is InChI=1S/C23H18N2O3.C3H8.C2H4/c1-14-7-12-18-19(13-14)23(28)25(22(18)27)17-10-8-16(9-11-17)21(26)24-20-6-4-3-5-15(20)2;1-3-2;1-2/h3-13H,1-2H3,(H,24,26);3H2,1-2H3;1-2H2. The van der Waals surface area contributed by atoms with Gasteiger partial charge in [0.05, 0.1) is 16.8 Å². The number of nitrogens with zero attached hydrogens (tertiary/aromatic N) is 1. The number of carbonyl (C=O) groups excluding carboxylic acids is 3. The van der Waals surface area contributed by atoms with Gasteiger partial charge in [0.1, 0.15) is 0 Å².